The summed E-state index contributed by atoms with van der Waals surface area (Å²) in [6, 6.07) is 13.7. The van der Waals surface area contributed by atoms with Crippen LogP contribution in [0, 0.1) is 10.5 Å². The second-order valence-electron chi connectivity index (χ2n) is 5.09. The number of benzene rings is 2. The Balaban J connectivity index is 2.43. The Labute approximate surface area is 133 Å². The van der Waals surface area contributed by atoms with E-state index in [0.717, 1.165) is 20.4 Å². The summed E-state index contributed by atoms with van der Waals surface area (Å²) in [4.78, 5) is 0. The van der Waals surface area contributed by atoms with Crippen molar-refractivity contribution in [3.63, 3.8) is 0 Å². The van der Waals surface area contributed by atoms with Crippen LogP contribution in [-0.2, 0) is 0 Å². The van der Waals surface area contributed by atoms with Gasteiger partial charge in [0.05, 0.1) is 6.10 Å². The highest BCUT2D eigenvalue weighted by Crippen LogP contribution is 2.33. The molecule has 2 nitrogen and oxygen atoms in total. The third-order valence-corrected chi connectivity index (χ3v) is 4.57. The van der Waals surface area contributed by atoms with E-state index in [1.54, 1.807) is 0 Å². The van der Waals surface area contributed by atoms with Gasteiger partial charge in [-0.3, -0.25) is 0 Å². The van der Waals surface area contributed by atoms with Crippen molar-refractivity contribution in [1.29, 1.82) is 0 Å². The zero-order chi connectivity index (χ0) is 14.7. The number of aliphatic hydroxyl groups is 1. The molecule has 0 radical (unpaired) electrons. The fourth-order valence-corrected chi connectivity index (χ4v) is 2.77. The summed E-state index contributed by atoms with van der Waals surface area (Å²) in [7, 11) is 0. The SMILES string of the molecule is Cc1cccc(C(O)c2ccccc2OC(C)C)c1I. The zero-order valence-corrected chi connectivity index (χ0v) is 14.1. The molecule has 0 saturated carbocycles. The second-order valence-corrected chi connectivity index (χ2v) is 6.16. The summed E-state index contributed by atoms with van der Waals surface area (Å²) in [6.07, 6.45) is -0.586. The molecule has 0 bridgehead atoms. The predicted molar refractivity (Wildman–Crippen MR) is 90.2 cm³/mol. The van der Waals surface area contributed by atoms with Crippen LogP contribution in [0.1, 0.15) is 36.6 Å². The van der Waals surface area contributed by atoms with Gasteiger partial charge in [-0.15, -0.1) is 0 Å². The van der Waals surface area contributed by atoms with Crippen molar-refractivity contribution in [2.45, 2.75) is 33.0 Å². The van der Waals surface area contributed by atoms with Crippen LogP contribution in [0.4, 0.5) is 0 Å². The molecule has 3 heteroatoms. The lowest BCUT2D eigenvalue weighted by atomic mass is 9.99. The fraction of sp³-hybridized carbons (Fsp3) is 0.294. The molecule has 0 heterocycles. The van der Waals surface area contributed by atoms with E-state index in [0.29, 0.717) is 0 Å². The molecule has 0 fully saturated rings. The molecular formula is C17H19IO2. The molecule has 2 aromatic rings. The van der Waals surface area contributed by atoms with Crippen LogP contribution >= 0.6 is 22.6 Å². The maximum absolute atomic E-state index is 10.7. The van der Waals surface area contributed by atoms with Crippen LogP contribution in [0.25, 0.3) is 0 Å². The number of hydrogen-bond acceptors (Lipinski definition) is 2. The predicted octanol–water partition coefficient (Wildman–Crippen LogP) is 4.47. The number of halogens is 1. The Kier molecular flexibility index (Phi) is 5.05. The van der Waals surface area contributed by atoms with Gasteiger partial charge in [-0.1, -0.05) is 36.4 Å². The van der Waals surface area contributed by atoms with Crippen LogP contribution in [0.3, 0.4) is 0 Å². The van der Waals surface area contributed by atoms with E-state index >= 15 is 0 Å². The summed E-state index contributed by atoms with van der Waals surface area (Å²) in [6.45, 7) is 6.02. The third kappa shape index (κ3) is 3.33. The minimum absolute atomic E-state index is 0.0833. The lowest BCUT2D eigenvalue weighted by Crippen LogP contribution is -2.10. The first-order chi connectivity index (χ1) is 9.50. The van der Waals surface area contributed by atoms with Gasteiger partial charge in [-0.05, 0) is 60.6 Å². The molecule has 2 aromatic carbocycles. The van der Waals surface area contributed by atoms with Gasteiger partial charge in [0.2, 0.25) is 0 Å². The first kappa shape index (κ1) is 15.3. The van der Waals surface area contributed by atoms with Gasteiger partial charge in [0.15, 0.2) is 0 Å². The van der Waals surface area contributed by atoms with Crippen molar-refractivity contribution in [3.05, 3.63) is 62.7 Å². The van der Waals surface area contributed by atoms with E-state index in [9.17, 15) is 5.11 Å². The van der Waals surface area contributed by atoms with Crippen LogP contribution in [0.5, 0.6) is 5.75 Å². The van der Waals surface area contributed by atoms with Crippen molar-refractivity contribution in [2.24, 2.45) is 0 Å². The number of hydrogen-bond donors (Lipinski definition) is 1. The number of aryl methyl sites for hydroxylation is 1. The van der Waals surface area contributed by atoms with Crippen LogP contribution in [0.15, 0.2) is 42.5 Å². The molecule has 0 aliphatic rings. The molecule has 1 unspecified atom stereocenters. The van der Waals surface area contributed by atoms with Crippen LogP contribution in [-0.4, -0.2) is 11.2 Å². The summed E-state index contributed by atoms with van der Waals surface area (Å²) in [5.74, 6) is 0.743. The average molecular weight is 382 g/mol. The lowest BCUT2D eigenvalue weighted by Gasteiger charge is -2.19. The Morgan fingerprint density at radius 1 is 1.00 bits per heavy atom. The van der Waals surface area contributed by atoms with Crippen molar-refractivity contribution in [3.8, 4) is 5.75 Å². The maximum Gasteiger partial charge on any atom is 0.125 e. The number of aliphatic hydroxyl groups excluding tert-OH is 1. The van der Waals surface area contributed by atoms with Gasteiger partial charge in [-0.25, -0.2) is 0 Å². The van der Waals surface area contributed by atoms with E-state index in [1.165, 1.54) is 5.56 Å². The Bertz CT molecular complexity index is 593. The molecular weight excluding hydrogens is 363 g/mol. The van der Waals surface area contributed by atoms with Crippen molar-refractivity contribution >= 4 is 22.6 Å². The molecule has 20 heavy (non-hydrogen) atoms. The minimum Gasteiger partial charge on any atom is -0.491 e. The maximum atomic E-state index is 10.7. The highest BCUT2D eigenvalue weighted by molar-refractivity contribution is 14.1. The third-order valence-electron chi connectivity index (χ3n) is 3.09. The first-order valence-electron chi connectivity index (χ1n) is 6.69. The van der Waals surface area contributed by atoms with Crippen molar-refractivity contribution < 1.29 is 9.84 Å². The zero-order valence-electron chi connectivity index (χ0n) is 11.9. The van der Waals surface area contributed by atoms with E-state index in [2.05, 4.69) is 35.6 Å². The minimum atomic E-state index is -0.670. The van der Waals surface area contributed by atoms with Crippen LogP contribution < -0.4 is 4.74 Å². The molecule has 0 spiro atoms. The topological polar surface area (TPSA) is 29.5 Å². The van der Waals surface area contributed by atoms with Gasteiger partial charge >= 0.3 is 0 Å². The normalized spacial score (nSPS) is 12.5. The highest BCUT2D eigenvalue weighted by Gasteiger charge is 2.18. The molecule has 1 N–H and O–H groups in total. The quantitative estimate of drug-likeness (QED) is 0.791. The Morgan fingerprint density at radius 3 is 2.35 bits per heavy atom. The van der Waals surface area contributed by atoms with Crippen molar-refractivity contribution in [1.82, 2.24) is 0 Å². The number of para-hydroxylation sites is 1. The molecule has 0 amide bonds. The number of rotatable bonds is 4. The Hall–Kier alpha value is -1.07. The molecule has 0 aliphatic carbocycles. The average Bonchev–Trinajstić information content (AvgIpc) is 2.41. The van der Waals surface area contributed by atoms with Gasteiger partial charge in [-0.2, -0.15) is 0 Å². The summed E-state index contributed by atoms with van der Waals surface area (Å²) < 4.78 is 6.89. The standard InChI is InChI=1S/C17H19IO2/c1-11(2)20-15-10-5-4-8-13(15)17(19)14-9-6-7-12(3)16(14)18/h4-11,17,19H,1-3H3. The first-order valence-corrected chi connectivity index (χ1v) is 7.77. The smallest absolute Gasteiger partial charge is 0.125 e. The number of ether oxygens (including phenoxy) is 1. The highest BCUT2D eigenvalue weighted by atomic mass is 127. The van der Waals surface area contributed by atoms with Gasteiger partial charge in [0.1, 0.15) is 11.9 Å². The van der Waals surface area contributed by atoms with E-state index in [-0.39, 0.29) is 6.10 Å². The van der Waals surface area contributed by atoms with Crippen LogP contribution in [0.2, 0.25) is 0 Å². The fourth-order valence-electron chi connectivity index (χ4n) is 2.12. The Morgan fingerprint density at radius 2 is 1.65 bits per heavy atom. The molecule has 1 atom stereocenters. The summed E-state index contributed by atoms with van der Waals surface area (Å²) >= 11 is 2.28. The monoisotopic (exact) mass is 382 g/mol. The largest absolute Gasteiger partial charge is 0.491 e. The van der Waals surface area contributed by atoms with Gasteiger partial charge in [0, 0.05) is 9.13 Å². The second kappa shape index (κ2) is 6.59. The lowest BCUT2D eigenvalue weighted by molar-refractivity contribution is 0.197. The van der Waals surface area contributed by atoms with Crippen molar-refractivity contribution in [2.75, 3.05) is 0 Å². The van der Waals surface area contributed by atoms with E-state index < -0.39 is 6.10 Å². The van der Waals surface area contributed by atoms with Gasteiger partial charge in [0.25, 0.3) is 0 Å². The summed E-state index contributed by atoms with van der Waals surface area (Å²) in [5.41, 5.74) is 2.90. The molecule has 106 valence electrons. The molecule has 0 aliphatic heterocycles. The molecule has 2 rings (SSSR count). The molecule has 0 saturated heterocycles. The van der Waals surface area contributed by atoms with E-state index in [1.807, 2.05) is 50.2 Å². The van der Waals surface area contributed by atoms with E-state index in [4.69, 9.17) is 4.74 Å². The molecule has 0 aromatic heterocycles. The van der Waals surface area contributed by atoms with Gasteiger partial charge < -0.3 is 9.84 Å². The summed E-state index contributed by atoms with van der Waals surface area (Å²) in [5, 5.41) is 10.7.